The van der Waals surface area contributed by atoms with Gasteiger partial charge in [0.25, 0.3) is 0 Å². The van der Waals surface area contributed by atoms with E-state index in [1.165, 1.54) is 0 Å². The summed E-state index contributed by atoms with van der Waals surface area (Å²) in [6.45, 7) is 6.97. The van der Waals surface area contributed by atoms with Crippen LogP contribution in [-0.2, 0) is 4.74 Å². The molecule has 1 aromatic heterocycles. The molecule has 1 rings (SSSR count). The lowest BCUT2D eigenvalue weighted by Crippen LogP contribution is -2.24. The van der Waals surface area contributed by atoms with E-state index in [4.69, 9.17) is 27.9 Å². The van der Waals surface area contributed by atoms with Crippen molar-refractivity contribution in [3.63, 3.8) is 0 Å². The van der Waals surface area contributed by atoms with E-state index in [1.807, 2.05) is 18.9 Å². The predicted octanol–water partition coefficient (Wildman–Crippen LogP) is 3.68. The van der Waals surface area contributed by atoms with E-state index in [-0.39, 0.29) is 0 Å². The van der Waals surface area contributed by atoms with Gasteiger partial charge in [-0.2, -0.15) is 0 Å². The van der Waals surface area contributed by atoms with Crippen molar-refractivity contribution in [3.05, 3.63) is 16.1 Å². The third-order valence-electron chi connectivity index (χ3n) is 2.59. The number of rotatable bonds is 8. The zero-order chi connectivity index (χ0) is 14.3. The summed E-state index contributed by atoms with van der Waals surface area (Å²) in [7, 11) is 1.94. The number of nitrogens with one attached hydrogen (secondary N) is 1. The Morgan fingerprint density at radius 3 is 2.68 bits per heavy atom. The van der Waals surface area contributed by atoms with Crippen LogP contribution < -0.4 is 10.2 Å². The SMILES string of the molecule is CCCNc1nc(N(C)CCOCC)c(Cl)cc1Cl. The maximum Gasteiger partial charge on any atom is 0.149 e. The minimum atomic E-state index is 0.542. The minimum Gasteiger partial charge on any atom is -0.380 e. The normalized spacial score (nSPS) is 10.6. The smallest absolute Gasteiger partial charge is 0.149 e. The summed E-state index contributed by atoms with van der Waals surface area (Å²) in [5, 5.41) is 4.28. The highest BCUT2D eigenvalue weighted by atomic mass is 35.5. The van der Waals surface area contributed by atoms with Gasteiger partial charge < -0.3 is 15.0 Å². The Morgan fingerprint density at radius 2 is 2.05 bits per heavy atom. The van der Waals surface area contributed by atoms with Crippen LogP contribution in [0.15, 0.2) is 6.07 Å². The van der Waals surface area contributed by atoms with Crippen molar-refractivity contribution in [1.82, 2.24) is 4.98 Å². The Labute approximate surface area is 125 Å². The van der Waals surface area contributed by atoms with Gasteiger partial charge in [-0.25, -0.2) is 4.98 Å². The van der Waals surface area contributed by atoms with Gasteiger partial charge in [0.2, 0.25) is 0 Å². The van der Waals surface area contributed by atoms with Crippen LogP contribution in [0.3, 0.4) is 0 Å². The van der Waals surface area contributed by atoms with Crippen LogP contribution in [0.1, 0.15) is 20.3 Å². The van der Waals surface area contributed by atoms with E-state index in [0.717, 1.165) is 19.5 Å². The molecule has 0 unspecified atom stereocenters. The lowest BCUT2D eigenvalue weighted by molar-refractivity contribution is 0.154. The number of pyridine rings is 1. The summed E-state index contributed by atoms with van der Waals surface area (Å²) in [6, 6.07) is 1.72. The number of anilines is 2. The van der Waals surface area contributed by atoms with Crippen LogP contribution in [0.2, 0.25) is 10.0 Å². The minimum absolute atomic E-state index is 0.542. The average Bonchev–Trinajstić information content (AvgIpc) is 2.38. The first-order valence-electron chi connectivity index (χ1n) is 6.48. The van der Waals surface area contributed by atoms with E-state index in [9.17, 15) is 0 Å². The highest BCUT2D eigenvalue weighted by Crippen LogP contribution is 2.30. The molecule has 0 bridgehead atoms. The summed E-state index contributed by atoms with van der Waals surface area (Å²) < 4.78 is 5.33. The summed E-state index contributed by atoms with van der Waals surface area (Å²) in [5.41, 5.74) is 0. The maximum atomic E-state index is 6.19. The monoisotopic (exact) mass is 305 g/mol. The fourth-order valence-electron chi connectivity index (χ4n) is 1.54. The zero-order valence-electron chi connectivity index (χ0n) is 11.7. The number of aromatic nitrogens is 1. The first kappa shape index (κ1) is 16.3. The number of hydrogen-bond acceptors (Lipinski definition) is 4. The molecule has 0 atom stereocenters. The van der Waals surface area contributed by atoms with Gasteiger partial charge in [0.05, 0.1) is 16.7 Å². The lowest BCUT2D eigenvalue weighted by atomic mass is 10.4. The Morgan fingerprint density at radius 1 is 1.32 bits per heavy atom. The second-order valence-corrected chi connectivity index (χ2v) is 4.98. The van der Waals surface area contributed by atoms with Crippen LogP contribution in [0.5, 0.6) is 0 Å². The molecule has 4 nitrogen and oxygen atoms in total. The van der Waals surface area contributed by atoms with Crippen LogP contribution in [0, 0.1) is 0 Å². The summed E-state index contributed by atoms with van der Waals surface area (Å²) in [4.78, 5) is 6.45. The quantitative estimate of drug-likeness (QED) is 0.743. The molecular weight excluding hydrogens is 285 g/mol. The molecule has 0 radical (unpaired) electrons. The van der Waals surface area contributed by atoms with Crippen molar-refractivity contribution in [2.75, 3.05) is 43.6 Å². The average molecular weight is 306 g/mol. The second-order valence-electron chi connectivity index (χ2n) is 4.17. The van der Waals surface area contributed by atoms with Gasteiger partial charge in [-0.3, -0.25) is 0 Å². The third kappa shape index (κ3) is 5.05. The molecule has 0 saturated heterocycles. The number of likely N-dealkylation sites (N-methyl/N-ethyl adjacent to an activating group) is 1. The Kier molecular flexibility index (Phi) is 7.28. The summed E-state index contributed by atoms with van der Waals surface area (Å²) >= 11 is 12.3. The van der Waals surface area contributed by atoms with E-state index < -0.39 is 0 Å². The molecule has 0 amide bonds. The van der Waals surface area contributed by atoms with Crippen LogP contribution in [0.25, 0.3) is 0 Å². The standard InChI is InChI=1S/C13H21Cl2N3O/c1-4-6-16-12-10(14)9-11(15)13(17-12)18(3)7-8-19-5-2/h9H,4-8H2,1-3H3,(H,16,17). The maximum absolute atomic E-state index is 6.19. The third-order valence-corrected chi connectivity index (χ3v) is 3.16. The van der Waals surface area contributed by atoms with Crippen LogP contribution in [-0.4, -0.2) is 38.3 Å². The molecule has 0 spiro atoms. The van der Waals surface area contributed by atoms with Crippen molar-refractivity contribution in [2.45, 2.75) is 20.3 Å². The molecule has 0 saturated carbocycles. The molecule has 1 heterocycles. The fourth-order valence-corrected chi connectivity index (χ4v) is 2.11. The van der Waals surface area contributed by atoms with Crippen LogP contribution in [0.4, 0.5) is 11.6 Å². The van der Waals surface area contributed by atoms with Crippen molar-refractivity contribution in [1.29, 1.82) is 0 Å². The van der Waals surface area contributed by atoms with Gasteiger partial charge in [-0.05, 0) is 19.4 Å². The van der Waals surface area contributed by atoms with E-state index in [0.29, 0.717) is 34.9 Å². The Balaban J connectivity index is 2.80. The van der Waals surface area contributed by atoms with Gasteiger partial charge in [0.1, 0.15) is 11.6 Å². The number of halogens is 2. The number of hydrogen-bond donors (Lipinski definition) is 1. The molecule has 0 aliphatic heterocycles. The first-order chi connectivity index (χ1) is 9.10. The highest BCUT2D eigenvalue weighted by molar-refractivity contribution is 6.37. The van der Waals surface area contributed by atoms with E-state index >= 15 is 0 Å². The van der Waals surface area contributed by atoms with Crippen LogP contribution >= 0.6 is 23.2 Å². The molecule has 0 fully saturated rings. The Bertz CT molecular complexity index is 402. The topological polar surface area (TPSA) is 37.4 Å². The highest BCUT2D eigenvalue weighted by Gasteiger charge is 2.12. The largest absolute Gasteiger partial charge is 0.380 e. The molecule has 0 aliphatic carbocycles. The molecule has 0 aliphatic rings. The summed E-state index contributed by atoms with van der Waals surface area (Å²) in [5.74, 6) is 1.38. The molecule has 1 aromatic rings. The second kappa shape index (κ2) is 8.46. The number of ether oxygens (including phenoxy) is 1. The van der Waals surface area contributed by atoms with Crippen molar-refractivity contribution < 1.29 is 4.74 Å². The zero-order valence-corrected chi connectivity index (χ0v) is 13.2. The molecule has 108 valence electrons. The molecule has 6 heteroatoms. The van der Waals surface area contributed by atoms with E-state index in [2.05, 4.69) is 17.2 Å². The molecule has 0 aromatic carbocycles. The lowest BCUT2D eigenvalue weighted by Gasteiger charge is -2.20. The van der Waals surface area contributed by atoms with Crippen molar-refractivity contribution in [3.8, 4) is 0 Å². The summed E-state index contributed by atoms with van der Waals surface area (Å²) in [6.07, 6.45) is 1.01. The number of nitrogens with zero attached hydrogens (tertiary/aromatic N) is 2. The molecular formula is C13H21Cl2N3O. The van der Waals surface area contributed by atoms with Crippen molar-refractivity contribution in [2.24, 2.45) is 0 Å². The predicted molar refractivity (Wildman–Crippen MR) is 82.8 cm³/mol. The Hall–Kier alpha value is -0.710. The fraction of sp³-hybridized carbons (Fsp3) is 0.615. The van der Waals surface area contributed by atoms with Gasteiger partial charge in [0, 0.05) is 26.7 Å². The van der Waals surface area contributed by atoms with Gasteiger partial charge in [-0.1, -0.05) is 30.1 Å². The molecule has 19 heavy (non-hydrogen) atoms. The van der Waals surface area contributed by atoms with Gasteiger partial charge >= 0.3 is 0 Å². The van der Waals surface area contributed by atoms with Gasteiger partial charge in [-0.15, -0.1) is 0 Å². The first-order valence-corrected chi connectivity index (χ1v) is 7.24. The molecule has 1 N–H and O–H groups in total. The van der Waals surface area contributed by atoms with Crippen molar-refractivity contribution >= 4 is 34.8 Å². The van der Waals surface area contributed by atoms with Gasteiger partial charge in [0.15, 0.2) is 0 Å². The van der Waals surface area contributed by atoms with E-state index in [1.54, 1.807) is 6.07 Å².